The molecule has 1 aromatic heterocycles. The minimum atomic E-state index is -0.597. The summed E-state index contributed by atoms with van der Waals surface area (Å²) in [6, 6.07) is 4.16. The normalized spacial score (nSPS) is 18.9. The van der Waals surface area contributed by atoms with Crippen LogP contribution in [0.4, 0.5) is 19.7 Å². The number of ether oxygens (including phenoxy) is 2. The minimum Gasteiger partial charge on any atom is -0.458 e. The fraction of sp³-hybridized carbons (Fsp3) is 0.452. The summed E-state index contributed by atoms with van der Waals surface area (Å²) in [4.78, 5) is 34.2. The number of hydrogen-bond acceptors (Lipinski definition) is 9. The third-order valence-electron chi connectivity index (χ3n) is 7.15. The standard InChI is InChI=1S/C31H39FN8O4S/c1-19(38-11-13-39(14-12-38)30(42)44-31(3,4)5)17-40-18-25(36-37-40)27-16-24(33-6)28(45-27)20(2)43-26-10-9-22(15-23(26)32)35-29(41)34-21-7-8-21/h9-10,15-16,18,21H,1,7-8,11-14,17H2,2-6H3,(H2,34,35,41)/b28-20-,33-24?. The maximum absolute atomic E-state index is 14.9. The Hall–Kier alpha value is -4.33. The number of halogens is 1. The molecule has 0 bridgehead atoms. The van der Waals surface area contributed by atoms with Crippen molar-refractivity contribution in [1.82, 2.24) is 30.1 Å². The van der Waals surface area contributed by atoms with E-state index in [0.29, 0.717) is 55.6 Å². The molecule has 3 aliphatic rings. The lowest BCUT2D eigenvalue weighted by molar-refractivity contribution is 0.0166. The first-order valence-electron chi connectivity index (χ1n) is 14.8. The van der Waals surface area contributed by atoms with Crippen LogP contribution < -0.4 is 15.4 Å². The van der Waals surface area contributed by atoms with Gasteiger partial charge in [-0.15, -0.1) is 5.10 Å². The second kappa shape index (κ2) is 13.3. The topological polar surface area (TPSA) is 126 Å². The number of anilines is 1. The summed E-state index contributed by atoms with van der Waals surface area (Å²) in [7, 11) is 1.68. The molecule has 1 saturated heterocycles. The summed E-state index contributed by atoms with van der Waals surface area (Å²) in [5.74, 6) is -0.0852. The molecule has 5 rings (SSSR count). The van der Waals surface area contributed by atoms with E-state index in [1.165, 1.54) is 23.9 Å². The van der Waals surface area contributed by atoms with Crippen LogP contribution >= 0.6 is 11.8 Å². The SMILES string of the molecule is C=C(Cn1cc(C2=CC(=NC)/C(=C(\C)Oc3ccc(NC(=O)NC4CC4)cc3F)S2)nn1)N1CCN(C(=O)OC(C)(C)C)CC1. The molecule has 45 heavy (non-hydrogen) atoms. The molecule has 3 amide bonds. The Labute approximate surface area is 266 Å². The van der Waals surface area contributed by atoms with Crippen molar-refractivity contribution < 1.29 is 23.5 Å². The van der Waals surface area contributed by atoms with Gasteiger partial charge in [0.1, 0.15) is 17.1 Å². The van der Waals surface area contributed by atoms with E-state index in [1.54, 1.807) is 29.6 Å². The summed E-state index contributed by atoms with van der Waals surface area (Å²) >= 11 is 1.42. The molecule has 240 valence electrons. The number of piperazine rings is 1. The summed E-state index contributed by atoms with van der Waals surface area (Å²) in [5.41, 5.74) is 2.03. The number of benzene rings is 1. The van der Waals surface area contributed by atoms with Gasteiger partial charge in [0.25, 0.3) is 0 Å². The van der Waals surface area contributed by atoms with E-state index in [0.717, 1.165) is 28.3 Å². The number of aromatic nitrogens is 3. The Morgan fingerprint density at radius 2 is 1.89 bits per heavy atom. The van der Waals surface area contributed by atoms with Crippen molar-refractivity contribution >= 4 is 40.2 Å². The van der Waals surface area contributed by atoms with Gasteiger partial charge >= 0.3 is 12.1 Å². The molecule has 0 unspecified atom stereocenters. The van der Waals surface area contributed by atoms with Crippen LogP contribution in [0.25, 0.3) is 4.91 Å². The first-order chi connectivity index (χ1) is 21.4. The van der Waals surface area contributed by atoms with E-state index in [9.17, 15) is 14.0 Å². The van der Waals surface area contributed by atoms with Crippen LogP contribution in [-0.2, 0) is 11.3 Å². The molecule has 2 aromatic rings. The lowest BCUT2D eigenvalue weighted by atomic mass is 10.2. The zero-order chi connectivity index (χ0) is 32.3. The molecule has 1 aliphatic carbocycles. The third kappa shape index (κ3) is 8.44. The largest absolute Gasteiger partial charge is 0.458 e. The molecule has 2 fully saturated rings. The number of amides is 3. The maximum atomic E-state index is 14.9. The second-order valence-electron chi connectivity index (χ2n) is 12.0. The van der Waals surface area contributed by atoms with Gasteiger partial charge in [0.2, 0.25) is 0 Å². The van der Waals surface area contributed by atoms with E-state index >= 15 is 0 Å². The van der Waals surface area contributed by atoms with Gasteiger partial charge in [0.05, 0.1) is 23.4 Å². The Balaban J connectivity index is 1.16. The van der Waals surface area contributed by atoms with Gasteiger partial charge in [-0.05, 0) is 58.7 Å². The van der Waals surface area contributed by atoms with Crippen LogP contribution in [0.5, 0.6) is 5.75 Å². The van der Waals surface area contributed by atoms with Crippen molar-refractivity contribution in [3.05, 3.63) is 64.9 Å². The highest BCUT2D eigenvalue weighted by atomic mass is 32.2. The molecule has 1 aromatic carbocycles. The number of carbonyl (C=O) groups excluding carboxylic acids is 2. The fourth-order valence-corrected chi connectivity index (χ4v) is 5.71. The Kier molecular flexibility index (Phi) is 9.51. The number of carbonyl (C=O) groups is 2. The number of allylic oxidation sites excluding steroid dienone is 4. The van der Waals surface area contributed by atoms with Crippen molar-refractivity contribution in [2.75, 3.05) is 38.5 Å². The molecule has 2 N–H and O–H groups in total. The average Bonchev–Trinajstić information content (AvgIpc) is 3.48. The van der Waals surface area contributed by atoms with Crippen LogP contribution in [0.3, 0.4) is 0 Å². The second-order valence-corrected chi connectivity index (χ2v) is 13.1. The summed E-state index contributed by atoms with van der Waals surface area (Å²) in [5, 5.41) is 14.1. The first-order valence-corrected chi connectivity index (χ1v) is 15.6. The highest BCUT2D eigenvalue weighted by molar-refractivity contribution is 8.13. The van der Waals surface area contributed by atoms with Gasteiger partial charge in [-0.3, -0.25) is 4.99 Å². The Morgan fingerprint density at radius 1 is 1.18 bits per heavy atom. The van der Waals surface area contributed by atoms with Crippen molar-refractivity contribution in [1.29, 1.82) is 0 Å². The number of nitrogens with zero attached hydrogens (tertiary/aromatic N) is 6. The summed E-state index contributed by atoms with van der Waals surface area (Å²) in [6.45, 7) is 14.4. The molecule has 0 spiro atoms. The van der Waals surface area contributed by atoms with E-state index in [-0.39, 0.29) is 23.9 Å². The van der Waals surface area contributed by atoms with Crippen LogP contribution in [0, 0.1) is 5.82 Å². The van der Waals surface area contributed by atoms with Crippen molar-refractivity contribution in [3.63, 3.8) is 0 Å². The quantitative estimate of drug-likeness (QED) is 0.377. The summed E-state index contributed by atoms with van der Waals surface area (Å²) in [6.07, 6.45) is 5.37. The Morgan fingerprint density at radius 3 is 2.53 bits per heavy atom. The van der Waals surface area contributed by atoms with Crippen molar-refractivity contribution in [2.45, 2.75) is 58.7 Å². The Bertz CT molecular complexity index is 1570. The summed E-state index contributed by atoms with van der Waals surface area (Å²) < 4.78 is 28.0. The van der Waals surface area contributed by atoms with Gasteiger partial charge in [0.15, 0.2) is 11.6 Å². The predicted octanol–water partition coefficient (Wildman–Crippen LogP) is 5.24. The number of nitrogens with one attached hydrogen (secondary N) is 2. The van der Waals surface area contributed by atoms with Gasteiger partial charge in [-0.1, -0.05) is 23.6 Å². The molecule has 12 nitrogen and oxygen atoms in total. The van der Waals surface area contributed by atoms with E-state index in [4.69, 9.17) is 9.47 Å². The monoisotopic (exact) mass is 638 g/mol. The number of thioether (sulfide) groups is 1. The molecule has 1 saturated carbocycles. The molecular weight excluding hydrogens is 599 g/mol. The van der Waals surface area contributed by atoms with Crippen LogP contribution in [-0.4, -0.2) is 87.5 Å². The molecule has 0 radical (unpaired) electrons. The number of urea groups is 1. The zero-order valence-corrected chi connectivity index (χ0v) is 27.0. The van der Waals surface area contributed by atoms with Gasteiger partial charge in [0, 0.05) is 61.6 Å². The van der Waals surface area contributed by atoms with E-state index in [2.05, 4.69) is 37.4 Å². The van der Waals surface area contributed by atoms with Crippen LogP contribution in [0.2, 0.25) is 0 Å². The minimum absolute atomic E-state index is 0.0361. The van der Waals surface area contributed by atoms with Crippen LogP contribution in [0.1, 0.15) is 46.2 Å². The van der Waals surface area contributed by atoms with Crippen LogP contribution in [0.15, 0.2) is 58.4 Å². The van der Waals surface area contributed by atoms with Crippen molar-refractivity contribution in [2.24, 2.45) is 4.99 Å². The van der Waals surface area contributed by atoms with Gasteiger partial charge < -0.3 is 29.9 Å². The third-order valence-corrected chi connectivity index (χ3v) is 8.40. The average molecular weight is 639 g/mol. The smallest absolute Gasteiger partial charge is 0.410 e. The predicted molar refractivity (Wildman–Crippen MR) is 172 cm³/mol. The fourth-order valence-electron chi connectivity index (χ4n) is 4.69. The number of hydrogen-bond donors (Lipinski definition) is 2. The lowest BCUT2D eigenvalue weighted by Crippen LogP contribution is -2.49. The molecule has 3 heterocycles. The molecule has 2 aliphatic heterocycles. The van der Waals surface area contributed by atoms with E-state index in [1.807, 2.05) is 33.0 Å². The molecule has 14 heteroatoms. The van der Waals surface area contributed by atoms with Gasteiger partial charge in [-0.25, -0.2) is 18.7 Å². The maximum Gasteiger partial charge on any atom is 0.410 e. The molecule has 0 atom stereocenters. The highest BCUT2D eigenvalue weighted by Gasteiger charge is 2.28. The zero-order valence-electron chi connectivity index (χ0n) is 26.2. The number of rotatable bonds is 8. The number of aliphatic imine (C=N–C) groups is 1. The lowest BCUT2D eigenvalue weighted by Gasteiger charge is -2.37. The first kappa shape index (κ1) is 32.1. The van der Waals surface area contributed by atoms with Crippen molar-refractivity contribution in [3.8, 4) is 5.75 Å². The molecular formula is C31H39FN8O4S. The highest BCUT2D eigenvalue weighted by Crippen LogP contribution is 2.42. The van der Waals surface area contributed by atoms with E-state index < -0.39 is 11.4 Å². The van der Waals surface area contributed by atoms with Gasteiger partial charge in [-0.2, -0.15) is 0 Å².